The van der Waals surface area contributed by atoms with Crippen LogP contribution in [0.2, 0.25) is 0 Å². The van der Waals surface area contributed by atoms with Gasteiger partial charge in [-0.05, 0) is 48.0 Å². The van der Waals surface area contributed by atoms with Crippen LogP contribution < -0.4 is 16.0 Å². The number of rotatable bonds is 5. The van der Waals surface area contributed by atoms with Gasteiger partial charge in [-0.3, -0.25) is 14.7 Å². The Morgan fingerprint density at radius 3 is 2.54 bits per heavy atom. The summed E-state index contributed by atoms with van der Waals surface area (Å²) in [5, 5.41) is 2.80. The van der Waals surface area contributed by atoms with Gasteiger partial charge in [0.05, 0.1) is 25.5 Å². The highest BCUT2D eigenvalue weighted by molar-refractivity contribution is 6.04. The molecule has 142 valence electrons. The van der Waals surface area contributed by atoms with Crippen LogP contribution in [0.4, 0.5) is 21.9 Å². The summed E-state index contributed by atoms with van der Waals surface area (Å²) in [5.74, 6) is -0.241. The number of amides is 2. The van der Waals surface area contributed by atoms with Crippen LogP contribution >= 0.6 is 0 Å². The fraction of sp³-hybridized carbons (Fsp3) is 0.0952. The van der Waals surface area contributed by atoms with Gasteiger partial charge in [0.25, 0.3) is 5.91 Å². The van der Waals surface area contributed by atoms with Gasteiger partial charge in [-0.1, -0.05) is 18.2 Å². The lowest BCUT2D eigenvalue weighted by Crippen LogP contribution is -2.30. The molecular weight excluding hydrogens is 356 g/mol. The molecule has 2 amide bonds. The topological polar surface area (TPSA) is 97.5 Å². The molecule has 28 heavy (non-hydrogen) atoms. The largest absolute Gasteiger partial charge is 0.452 e. The van der Waals surface area contributed by atoms with E-state index < -0.39 is 6.09 Å². The predicted octanol–water partition coefficient (Wildman–Crippen LogP) is 3.69. The Balaban J connectivity index is 1.72. The summed E-state index contributed by atoms with van der Waals surface area (Å²) in [6, 6.07) is 17.5. The highest BCUT2D eigenvalue weighted by Crippen LogP contribution is 2.18. The maximum atomic E-state index is 12.4. The van der Waals surface area contributed by atoms with E-state index in [0.29, 0.717) is 22.6 Å². The molecule has 7 nitrogen and oxygen atoms in total. The van der Waals surface area contributed by atoms with Gasteiger partial charge in [0.15, 0.2) is 0 Å². The average Bonchev–Trinajstić information content (AvgIpc) is 2.72. The molecular formula is C21H20N4O3. The minimum atomic E-state index is -0.489. The SMILES string of the molecule is COC(=O)N(Cc1ccc(C(=O)Nc2cccc(N)c2)cc1)c1cccnc1. The van der Waals surface area contributed by atoms with Crippen molar-refractivity contribution in [3.63, 3.8) is 0 Å². The van der Waals surface area contributed by atoms with Gasteiger partial charge in [0.2, 0.25) is 0 Å². The molecule has 1 heterocycles. The Morgan fingerprint density at radius 2 is 1.89 bits per heavy atom. The second kappa shape index (κ2) is 8.68. The van der Waals surface area contributed by atoms with E-state index in [1.807, 2.05) is 0 Å². The Labute approximate surface area is 162 Å². The standard InChI is InChI=1S/C21H20N4O3/c1-28-21(27)25(19-6-3-11-23-13-19)14-15-7-9-16(10-8-15)20(26)24-18-5-2-4-17(22)12-18/h2-13H,14,22H2,1H3,(H,24,26). The molecule has 0 saturated carbocycles. The Bertz CT molecular complexity index is 959. The molecule has 0 radical (unpaired) electrons. The summed E-state index contributed by atoms with van der Waals surface area (Å²) >= 11 is 0. The quantitative estimate of drug-likeness (QED) is 0.662. The zero-order chi connectivity index (χ0) is 19.9. The minimum absolute atomic E-state index is 0.241. The van der Waals surface area contributed by atoms with E-state index in [4.69, 9.17) is 10.5 Å². The number of benzene rings is 2. The molecule has 7 heteroatoms. The highest BCUT2D eigenvalue weighted by atomic mass is 16.5. The summed E-state index contributed by atoms with van der Waals surface area (Å²) in [4.78, 5) is 30.0. The fourth-order valence-corrected chi connectivity index (χ4v) is 2.65. The van der Waals surface area contributed by atoms with Crippen LogP contribution in [0.15, 0.2) is 73.1 Å². The van der Waals surface area contributed by atoms with Crippen LogP contribution in [0, 0.1) is 0 Å². The number of hydrogen-bond donors (Lipinski definition) is 2. The summed E-state index contributed by atoms with van der Waals surface area (Å²) in [6.45, 7) is 0.287. The van der Waals surface area contributed by atoms with E-state index in [2.05, 4.69) is 10.3 Å². The van der Waals surface area contributed by atoms with Crippen LogP contribution in [0.1, 0.15) is 15.9 Å². The lowest BCUT2D eigenvalue weighted by molar-refractivity contribution is 0.102. The van der Waals surface area contributed by atoms with E-state index in [9.17, 15) is 9.59 Å². The monoisotopic (exact) mass is 376 g/mol. The first-order valence-electron chi connectivity index (χ1n) is 8.58. The van der Waals surface area contributed by atoms with Gasteiger partial charge in [-0.25, -0.2) is 4.79 Å². The number of carbonyl (C=O) groups is 2. The molecule has 0 aliphatic rings. The number of nitrogen functional groups attached to an aromatic ring is 1. The maximum absolute atomic E-state index is 12.4. The maximum Gasteiger partial charge on any atom is 0.414 e. The fourth-order valence-electron chi connectivity index (χ4n) is 2.65. The third kappa shape index (κ3) is 4.64. The lowest BCUT2D eigenvalue weighted by atomic mass is 10.1. The molecule has 1 aromatic heterocycles. The molecule has 0 fully saturated rings. The van der Waals surface area contributed by atoms with Crippen LogP contribution in [0.25, 0.3) is 0 Å². The van der Waals surface area contributed by atoms with E-state index in [1.54, 1.807) is 73.1 Å². The van der Waals surface area contributed by atoms with Gasteiger partial charge in [0.1, 0.15) is 0 Å². The third-order valence-corrected chi connectivity index (χ3v) is 4.05. The molecule has 3 N–H and O–H groups in total. The predicted molar refractivity (Wildman–Crippen MR) is 108 cm³/mol. The normalized spacial score (nSPS) is 10.2. The summed E-state index contributed by atoms with van der Waals surface area (Å²) in [7, 11) is 1.33. The van der Waals surface area contributed by atoms with E-state index in [-0.39, 0.29) is 12.5 Å². The van der Waals surface area contributed by atoms with Crippen molar-refractivity contribution in [3.8, 4) is 0 Å². The van der Waals surface area contributed by atoms with Crippen molar-refractivity contribution in [1.82, 2.24) is 4.98 Å². The van der Waals surface area contributed by atoms with Crippen molar-refractivity contribution >= 4 is 29.1 Å². The molecule has 0 aliphatic carbocycles. The van der Waals surface area contributed by atoms with Crippen molar-refractivity contribution in [2.24, 2.45) is 0 Å². The first kappa shape index (κ1) is 18.9. The van der Waals surface area contributed by atoms with Crippen molar-refractivity contribution < 1.29 is 14.3 Å². The first-order valence-corrected chi connectivity index (χ1v) is 8.58. The Morgan fingerprint density at radius 1 is 1.11 bits per heavy atom. The number of methoxy groups -OCH3 is 1. The molecule has 0 saturated heterocycles. The van der Waals surface area contributed by atoms with E-state index in [0.717, 1.165) is 5.56 Å². The van der Waals surface area contributed by atoms with Gasteiger partial charge in [-0.2, -0.15) is 0 Å². The molecule has 0 bridgehead atoms. The second-order valence-electron chi connectivity index (χ2n) is 6.04. The first-order chi connectivity index (χ1) is 13.6. The van der Waals surface area contributed by atoms with Crippen LogP contribution in [-0.2, 0) is 11.3 Å². The summed E-state index contributed by atoms with van der Waals surface area (Å²) in [5.41, 5.74) is 8.89. The average molecular weight is 376 g/mol. The highest BCUT2D eigenvalue weighted by Gasteiger charge is 2.17. The van der Waals surface area contributed by atoms with Crippen molar-refractivity contribution in [2.75, 3.05) is 23.1 Å². The van der Waals surface area contributed by atoms with Crippen LogP contribution in [0.3, 0.4) is 0 Å². The van der Waals surface area contributed by atoms with Crippen LogP contribution in [0.5, 0.6) is 0 Å². The van der Waals surface area contributed by atoms with E-state index in [1.165, 1.54) is 12.0 Å². The van der Waals surface area contributed by atoms with Gasteiger partial charge >= 0.3 is 6.09 Å². The zero-order valence-electron chi connectivity index (χ0n) is 15.3. The number of carbonyl (C=O) groups excluding carboxylic acids is 2. The Hall–Kier alpha value is -3.87. The summed E-state index contributed by atoms with van der Waals surface area (Å²) in [6.07, 6.45) is 2.73. The zero-order valence-corrected chi connectivity index (χ0v) is 15.3. The van der Waals surface area contributed by atoms with E-state index >= 15 is 0 Å². The second-order valence-corrected chi connectivity index (χ2v) is 6.04. The molecule has 3 aromatic rings. The molecule has 3 rings (SSSR count). The van der Waals surface area contributed by atoms with Crippen molar-refractivity contribution in [1.29, 1.82) is 0 Å². The molecule has 0 atom stereocenters. The smallest absolute Gasteiger partial charge is 0.414 e. The molecule has 0 aliphatic heterocycles. The number of aromatic nitrogens is 1. The number of anilines is 3. The van der Waals surface area contributed by atoms with Crippen molar-refractivity contribution in [2.45, 2.75) is 6.54 Å². The molecule has 0 spiro atoms. The lowest BCUT2D eigenvalue weighted by Gasteiger charge is -2.21. The summed E-state index contributed by atoms with van der Waals surface area (Å²) < 4.78 is 4.86. The van der Waals surface area contributed by atoms with Gasteiger partial charge in [-0.15, -0.1) is 0 Å². The van der Waals surface area contributed by atoms with Crippen LogP contribution in [-0.4, -0.2) is 24.1 Å². The third-order valence-electron chi connectivity index (χ3n) is 4.05. The number of hydrogen-bond acceptors (Lipinski definition) is 5. The molecule has 0 unspecified atom stereocenters. The molecule has 2 aromatic carbocycles. The Kier molecular flexibility index (Phi) is 5.86. The van der Waals surface area contributed by atoms with Gasteiger partial charge < -0.3 is 15.8 Å². The number of nitrogens with one attached hydrogen (secondary N) is 1. The number of ether oxygens (including phenoxy) is 1. The number of nitrogens with zero attached hydrogens (tertiary/aromatic N) is 2. The number of nitrogens with two attached hydrogens (primary N) is 1. The van der Waals surface area contributed by atoms with Crippen molar-refractivity contribution in [3.05, 3.63) is 84.2 Å². The van der Waals surface area contributed by atoms with Gasteiger partial charge in [0, 0.05) is 23.1 Å². The number of pyridine rings is 1. The minimum Gasteiger partial charge on any atom is -0.452 e.